The Morgan fingerprint density at radius 1 is 0.500 bits per heavy atom. The van der Waals surface area contributed by atoms with Crippen LogP contribution in [-0.2, 0) is 0 Å². The third-order valence-corrected chi connectivity index (χ3v) is 7.30. The number of aromatic nitrogens is 2. The molecule has 4 rings (SSSR count). The Morgan fingerprint density at radius 2 is 0.864 bits per heavy atom. The number of hydrogen-bond donors (Lipinski definition) is 2. The van der Waals surface area contributed by atoms with Crippen molar-refractivity contribution in [2.24, 2.45) is 0 Å². The minimum atomic E-state index is 1.04. The van der Waals surface area contributed by atoms with Crippen LogP contribution in [0.4, 0.5) is 0 Å². The zero-order chi connectivity index (χ0) is 15.4. The van der Waals surface area contributed by atoms with E-state index in [-0.39, 0.29) is 0 Å². The van der Waals surface area contributed by atoms with Crippen LogP contribution in [0.1, 0.15) is 0 Å². The van der Waals surface area contributed by atoms with Gasteiger partial charge in [0.25, 0.3) is 0 Å². The summed E-state index contributed by atoms with van der Waals surface area (Å²) in [6.07, 6.45) is 0. The molecule has 6 heteroatoms. The maximum Gasteiger partial charge on any atom is 0.0630 e. The largest absolute Gasteiger partial charge is 0.353 e. The van der Waals surface area contributed by atoms with Crippen molar-refractivity contribution in [3.05, 3.63) is 54.3 Å². The van der Waals surface area contributed by atoms with Gasteiger partial charge in [-0.2, -0.15) is 0 Å². The molecule has 0 aliphatic carbocycles. The van der Waals surface area contributed by atoms with Crippen LogP contribution in [0.15, 0.2) is 54.3 Å². The lowest BCUT2D eigenvalue weighted by Gasteiger charge is -1.95. The molecule has 4 aromatic rings. The summed E-state index contributed by atoms with van der Waals surface area (Å²) in [5, 5.41) is 2.34. The molecule has 0 aliphatic rings. The van der Waals surface area contributed by atoms with Crippen LogP contribution in [0, 0.1) is 0 Å². The van der Waals surface area contributed by atoms with Crippen LogP contribution in [0.25, 0.3) is 33.2 Å². The highest BCUT2D eigenvalue weighted by atomic mass is 79.9. The maximum absolute atomic E-state index is 3.55. The highest BCUT2D eigenvalue weighted by molar-refractivity contribution is 9.13. The van der Waals surface area contributed by atoms with Gasteiger partial charge in [-0.15, -0.1) is 0 Å². The predicted molar refractivity (Wildman–Crippen MR) is 106 cm³/mol. The van der Waals surface area contributed by atoms with E-state index in [1.54, 1.807) is 0 Å². The Kier molecular flexibility index (Phi) is 3.76. The molecule has 0 spiro atoms. The summed E-state index contributed by atoms with van der Waals surface area (Å²) in [7, 11) is 0. The van der Waals surface area contributed by atoms with Crippen molar-refractivity contribution in [3.63, 3.8) is 0 Å². The van der Waals surface area contributed by atoms with Crippen LogP contribution in [0.3, 0.4) is 0 Å². The fraction of sp³-hybridized carbons (Fsp3) is 0. The summed E-state index contributed by atoms with van der Waals surface area (Å²) in [6.45, 7) is 0. The molecule has 0 bridgehead atoms. The molecule has 0 saturated heterocycles. The molecular formula is C16H8Br4N2. The van der Waals surface area contributed by atoms with Crippen molar-refractivity contribution in [2.75, 3.05) is 0 Å². The quantitative estimate of drug-likeness (QED) is 0.249. The van der Waals surface area contributed by atoms with Crippen LogP contribution in [-0.4, -0.2) is 9.97 Å². The Hall–Kier alpha value is -0.560. The molecule has 2 heterocycles. The number of fused-ring (bicyclic) bond motifs is 2. The molecule has 0 atom stereocenters. The van der Waals surface area contributed by atoms with Crippen LogP contribution in [0.5, 0.6) is 0 Å². The van der Waals surface area contributed by atoms with Crippen molar-refractivity contribution < 1.29 is 0 Å². The zero-order valence-electron chi connectivity index (χ0n) is 11.0. The van der Waals surface area contributed by atoms with Gasteiger partial charge in [0, 0.05) is 39.7 Å². The number of H-pyrrole nitrogens is 2. The number of aromatic amines is 2. The second-order valence-electron chi connectivity index (χ2n) is 5.07. The first-order chi connectivity index (χ1) is 10.5. The second kappa shape index (κ2) is 5.51. The summed E-state index contributed by atoms with van der Waals surface area (Å²) < 4.78 is 4.18. The molecule has 2 N–H and O–H groups in total. The number of halogens is 4. The minimum Gasteiger partial charge on any atom is -0.353 e. The topological polar surface area (TPSA) is 31.6 Å². The van der Waals surface area contributed by atoms with Crippen molar-refractivity contribution in [2.45, 2.75) is 0 Å². The maximum atomic E-state index is 3.55. The normalized spacial score (nSPS) is 11.6. The first kappa shape index (κ1) is 15.0. The van der Waals surface area contributed by atoms with E-state index < -0.39 is 0 Å². The molecule has 0 unspecified atom stereocenters. The van der Waals surface area contributed by atoms with Gasteiger partial charge in [0.15, 0.2) is 0 Å². The molecule has 0 fully saturated rings. The smallest absolute Gasteiger partial charge is 0.0630 e. The molecule has 2 aromatic heterocycles. The third kappa shape index (κ3) is 2.50. The average molecular weight is 548 g/mol. The van der Waals surface area contributed by atoms with Gasteiger partial charge >= 0.3 is 0 Å². The highest BCUT2D eigenvalue weighted by Crippen LogP contribution is 2.34. The van der Waals surface area contributed by atoms with Crippen molar-refractivity contribution >= 4 is 85.5 Å². The average Bonchev–Trinajstić information content (AvgIpc) is 3.03. The van der Waals surface area contributed by atoms with Gasteiger partial charge in [-0.3, -0.25) is 0 Å². The first-order valence-corrected chi connectivity index (χ1v) is 9.64. The summed E-state index contributed by atoms with van der Waals surface area (Å²) >= 11 is 14.2. The van der Waals surface area contributed by atoms with Gasteiger partial charge in [0.1, 0.15) is 0 Å². The Morgan fingerprint density at radius 3 is 1.27 bits per heavy atom. The van der Waals surface area contributed by atoms with Crippen molar-refractivity contribution in [3.8, 4) is 11.4 Å². The van der Waals surface area contributed by atoms with E-state index in [1.807, 2.05) is 0 Å². The zero-order valence-corrected chi connectivity index (χ0v) is 17.3. The van der Waals surface area contributed by atoms with E-state index in [1.165, 1.54) is 10.8 Å². The summed E-state index contributed by atoms with van der Waals surface area (Å²) in [4.78, 5) is 6.93. The Bertz CT molecular complexity index is 868. The molecule has 0 aliphatic heterocycles. The fourth-order valence-corrected chi connectivity index (χ4v) is 3.95. The predicted octanol–water partition coefficient (Wildman–Crippen LogP) is 7.37. The molecule has 110 valence electrons. The van der Waals surface area contributed by atoms with Gasteiger partial charge in [-0.05, 0) is 100 Å². The molecule has 0 saturated carbocycles. The third-order valence-electron chi connectivity index (χ3n) is 3.61. The SMILES string of the molecule is Brc1cc2cc(-c3cc4cc(Br)c(Br)cc4[nH]3)[nH]c2cc1Br. The highest BCUT2D eigenvalue weighted by Gasteiger charge is 2.10. The van der Waals surface area contributed by atoms with Crippen molar-refractivity contribution in [1.82, 2.24) is 9.97 Å². The van der Waals surface area contributed by atoms with Gasteiger partial charge in [-0.1, -0.05) is 0 Å². The molecular weight excluding hydrogens is 540 g/mol. The van der Waals surface area contributed by atoms with E-state index in [4.69, 9.17) is 0 Å². The Labute approximate surface area is 160 Å². The fourth-order valence-electron chi connectivity index (χ4n) is 2.54. The van der Waals surface area contributed by atoms with Gasteiger partial charge in [0.2, 0.25) is 0 Å². The molecule has 0 amide bonds. The van der Waals surface area contributed by atoms with E-state index in [2.05, 4.69) is 110 Å². The Balaban J connectivity index is 1.90. The second-order valence-corrected chi connectivity index (χ2v) is 8.49. The lowest BCUT2D eigenvalue weighted by atomic mass is 10.2. The standard InChI is InChI=1S/C16H8Br4N2/c17-9-1-7-3-15(21-13(7)5-11(9)19)16-4-8-2-10(18)12(20)6-14(8)22-16/h1-6,21-22H. The molecule has 2 aromatic carbocycles. The lowest BCUT2D eigenvalue weighted by molar-refractivity contribution is 1.37. The summed E-state index contributed by atoms with van der Waals surface area (Å²) in [6, 6.07) is 12.7. The van der Waals surface area contributed by atoms with Crippen LogP contribution < -0.4 is 0 Å². The number of nitrogens with one attached hydrogen (secondary N) is 2. The number of rotatable bonds is 1. The van der Waals surface area contributed by atoms with Gasteiger partial charge < -0.3 is 9.97 Å². The minimum absolute atomic E-state index is 1.04. The van der Waals surface area contributed by atoms with Crippen molar-refractivity contribution in [1.29, 1.82) is 0 Å². The number of benzene rings is 2. The van der Waals surface area contributed by atoms with Crippen LogP contribution >= 0.6 is 63.7 Å². The van der Waals surface area contributed by atoms with E-state index in [0.717, 1.165) is 40.3 Å². The lowest BCUT2D eigenvalue weighted by Crippen LogP contribution is -1.76. The monoisotopic (exact) mass is 544 g/mol. The van der Waals surface area contributed by atoms with E-state index >= 15 is 0 Å². The molecule has 2 nitrogen and oxygen atoms in total. The van der Waals surface area contributed by atoms with Gasteiger partial charge in [-0.25, -0.2) is 0 Å². The van der Waals surface area contributed by atoms with E-state index in [9.17, 15) is 0 Å². The molecule has 22 heavy (non-hydrogen) atoms. The van der Waals surface area contributed by atoms with Crippen LogP contribution in [0.2, 0.25) is 0 Å². The van der Waals surface area contributed by atoms with E-state index in [0.29, 0.717) is 0 Å². The van der Waals surface area contributed by atoms with Gasteiger partial charge in [0.05, 0.1) is 11.4 Å². The summed E-state index contributed by atoms with van der Waals surface area (Å²) in [5.74, 6) is 0. The molecule has 0 radical (unpaired) electrons. The first-order valence-electron chi connectivity index (χ1n) is 6.47. The summed E-state index contributed by atoms with van der Waals surface area (Å²) in [5.41, 5.74) is 4.35. The number of hydrogen-bond acceptors (Lipinski definition) is 0.